The Kier molecular flexibility index (Phi) is 5.21. The molecular formula is C22H34N2O2. The number of likely N-dealkylation sites (tertiary alicyclic amines) is 1. The molecule has 0 aromatic heterocycles. The Morgan fingerprint density at radius 1 is 1.23 bits per heavy atom. The standard InChI is InChI=1S/C22H32N2O2.H2/c1-26-21(25)23-20-15-22(19-10-6-5-9-18(19)20)11-13-24(14-12-22)16-17-7-3-2-4-8-17;/h5-6,9-10,17,20H,2-4,7-8,11-16H2,1H3,(H,23,25);1H/t20-;/m0./s1. The molecule has 1 heterocycles. The van der Waals surface area contributed by atoms with Crippen LogP contribution in [0.5, 0.6) is 0 Å². The van der Waals surface area contributed by atoms with Gasteiger partial charge in [0, 0.05) is 13.4 Å². The van der Waals surface area contributed by atoms with Crippen LogP contribution in [0, 0.1) is 5.92 Å². The Bertz CT molecular complexity index is 637. The Hall–Kier alpha value is -1.55. The van der Waals surface area contributed by atoms with Crippen molar-refractivity contribution in [3.63, 3.8) is 0 Å². The molecular weight excluding hydrogens is 324 g/mol. The summed E-state index contributed by atoms with van der Waals surface area (Å²) in [4.78, 5) is 14.5. The number of carbonyl (C=O) groups is 1. The quantitative estimate of drug-likeness (QED) is 0.855. The van der Waals surface area contributed by atoms with Crippen molar-refractivity contribution >= 4 is 6.09 Å². The van der Waals surface area contributed by atoms with Crippen LogP contribution in [0.3, 0.4) is 0 Å². The molecule has 1 amide bonds. The molecule has 0 unspecified atom stereocenters. The van der Waals surface area contributed by atoms with Crippen molar-refractivity contribution in [1.82, 2.24) is 10.2 Å². The van der Waals surface area contributed by atoms with Crippen LogP contribution in [-0.4, -0.2) is 37.7 Å². The van der Waals surface area contributed by atoms with E-state index in [4.69, 9.17) is 4.74 Å². The van der Waals surface area contributed by atoms with Crippen molar-refractivity contribution in [2.24, 2.45) is 5.92 Å². The molecule has 4 heteroatoms. The van der Waals surface area contributed by atoms with E-state index < -0.39 is 0 Å². The van der Waals surface area contributed by atoms with E-state index >= 15 is 0 Å². The Morgan fingerprint density at radius 3 is 2.69 bits per heavy atom. The van der Waals surface area contributed by atoms with Gasteiger partial charge in [0.2, 0.25) is 0 Å². The Morgan fingerprint density at radius 2 is 1.96 bits per heavy atom. The summed E-state index contributed by atoms with van der Waals surface area (Å²) in [5.74, 6) is 0.919. The minimum absolute atomic E-state index is 0. The van der Waals surface area contributed by atoms with E-state index in [0.29, 0.717) is 0 Å². The van der Waals surface area contributed by atoms with Gasteiger partial charge >= 0.3 is 6.09 Å². The second kappa shape index (κ2) is 7.59. The summed E-state index contributed by atoms with van der Waals surface area (Å²) in [7, 11) is 1.44. The van der Waals surface area contributed by atoms with E-state index in [1.54, 1.807) is 0 Å². The summed E-state index contributed by atoms with van der Waals surface area (Å²) in [5.41, 5.74) is 2.98. The number of benzene rings is 1. The predicted molar refractivity (Wildman–Crippen MR) is 105 cm³/mol. The summed E-state index contributed by atoms with van der Waals surface area (Å²) < 4.78 is 4.85. The molecule has 1 spiro atoms. The van der Waals surface area contributed by atoms with Crippen molar-refractivity contribution in [3.8, 4) is 0 Å². The molecule has 1 aromatic rings. The fourth-order valence-electron chi connectivity index (χ4n) is 5.60. The Labute approximate surface area is 158 Å². The van der Waals surface area contributed by atoms with Gasteiger partial charge in [-0.2, -0.15) is 0 Å². The van der Waals surface area contributed by atoms with Crippen LogP contribution in [-0.2, 0) is 10.2 Å². The molecule has 1 aromatic carbocycles. The summed E-state index contributed by atoms with van der Waals surface area (Å²) in [6, 6.07) is 8.78. The minimum atomic E-state index is -0.323. The molecule has 1 saturated carbocycles. The molecule has 0 radical (unpaired) electrons. The summed E-state index contributed by atoms with van der Waals surface area (Å²) in [5, 5.41) is 3.06. The molecule has 144 valence electrons. The summed E-state index contributed by atoms with van der Waals surface area (Å²) >= 11 is 0. The van der Waals surface area contributed by atoms with Gasteiger partial charge in [0.1, 0.15) is 0 Å². The monoisotopic (exact) mass is 358 g/mol. The fourth-order valence-corrected chi connectivity index (χ4v) is 5.60. The number of nitrogens with one attached hydrogen (secondary N) is 1. The van der Waals surface area contributed by atoms with Gasteiger partial charge in [-0.25, -0.2) is 4.79 Å². The molecule has 3 aliphatic rings. The summed E-state index contributed by atoms with van der Waals surface area (Å²) in [6.45, 7) is 3.67. The van der Waals surface area contributed by atoms with Gasteiger partial charge in [0.05, 0.1) is 13.2 Å². The maximum absolute atomic E-state index is 11.8. The molecule has 1 atom stereocenters. The highest BCUT2D eigenvalue weighted by molar-refractivity contribution is 5.68. The highest BCUT2D eigenvalue weighted by Crippen LogP contribution is 2.50. The van der Waals surface area contributed by atoms with Gasteiger partial charge in [-0.05, 0) is 62.2 Å². The van der Waals surface area contributed by atoms with Gasteiger partial charge < -0.3 is 15.0 Å². The topological polar surface area (TPSA) is 41.6 Å². The maximum Gasteiger partial charge on any atom is 0.407 e. The number of alkyl carbamates (subject to hydrolysis) is 1. The van der Waals surface area contributed by atoms with Crippen molar-refractivity contribution in [2.45, 2.75) is 62.8 Å². The highest BCUT2D eigenvalue weighted by atomic mass is 16.5. The van der Waals surface area contributed by atoms with E-state index in [1.165, 1.54) is 82.8 Å². The first-order chi connectivity index (χ1) is 12.7. The van der Waals surface area contributed by atoms with Gasteiger partial charge in [0.15, 0.2) is 0 Å². The largest absolute Gasteiger partial charge is 0.453 e. The first kappa shape index (κ1) is 17.8. The number of carbonyl (C=O) groups excluding carboxylic acids is 1. The molecule has 26 heavy (non-hydrogen) atoms. The van der Waals surface area contributed by atoms with Crippen LogP contribution >= 0.6 is 0 Å². The van der Waals surface area contributed by atoms with Crippen LogP contribution in [0.1, 0.15) is 70.0 Å². The van der Waals surface area contributed by atoms with Crippen molar-refractivity contribution in [3.05, 3.63) is 35.4 Å². The average molecular weight is 359 g/mol. The van der Waals surface area contributed by atoms with Crippen LogP contribution in [0.15, 0.2) is 24.3 Å². The number of amides is 1. The van der Waals surface area contributed by atoms with E-state index in [1.807, 2.05) is 0 Å². The first-order valence-electron chi connectivity index (χ1n) is 10.4. The third-order valence-electron chi connectivity index (χ3n) is 7.03. The Balaban J connectivity index is 0.00000210. The van der Waals surface area contributed by atoms with Crippen molar-refractivity contribution in [1.29, 1.82) is 0 Å². The number of nitrogens with zero attached hydrogens (tertiary/aromatic N) is 1. The van der Waals surface area contributed by atoms with Crippen LogP contribution in [0.4, 0.5) is 4.79 Å². The zero-order valence-electron chi connectivity index (χ0n) is 16.0. The molecule has 1 saturated heterocycles. The molecule has 0 bridgehead atoms. The highest BCUT2D eigenvalue weighted by Gasteiger charge is 2.45. The lowest BCUT2D eigenvalue weighted by Gasteiger charge is -2.42. The SMILES string of the molecule is COC(=O)N[C@H]1CC2(CCN(CC3CCCCC3)CC2)c2ccccc21.[HH]. The number of piperidine rings is 1. The second-order valence-corrected chi connectivity index (χ2v) is 8.56. The molecule has 2 fully saturated rings. The molecule has 4 rings (SSSR count). The third kappa shape index (κ3) is 3.48. The van der Waals surface area contributed by atoms with Crippen LogP contribution < -0.4 is 5.32 Å². The lowest BCUT2D eigenvalue weighted by Crippen LogP contribution is -2.44. The number of rotatable bonds is 3. The predicted octanol–water partition coefficient (Wildman–Crippen LogP) is 4.65. The molecule has 2 aliphatic carbocycles. The third-order valence-corrected chi connectivity index (χ3v) is 7.03. The normalized spacial score (nSPS) is 25.8. The number of methoxy groups -OCH3 is 1. The molecule has 1 N–H and O–H groups in total. The zero-order chi connectivity index (χ0) is 18.0. The van der Waals surface area contributed by atoms with Gasteiger partial charge in [-0.1, -0.05) is 43.5 Å². The number of hydrogen-bond donors (Lipinski definition) is 1. The van der Waals surface area contributed by atoms with Crippen molar-refractivity contribution in [2.75, 3.05) is 26.7 Å². The maximum atomic E-state index is 11.8. The second-order valence-electron chi connectivity index (χ2n) is 8.56. The fraction of sp³-hybridized carbons (Fsp3) is 0.682. The van der Waals surface area contributed by atoms with E-state index in [2.05, 4.69) is 34.5 Å². The number of ether oxygens (including phenoxy) is 1. The smallest absolute Gasteiger partial charge is 0.407 e. The summed E-state index contributed by atoms with van der Waals surface area (Å²) in [6.07, 6.45) is 10.2. The first-order valence-corrected chi connectivity index (χ1v) is 10.4. The van der Waals surface area contributed by atoms with E-state index in [9.17, 15) is 4.79 Å². The molecule has 4 nitrogen and oxygen atoms in total. The lowest BCUT2D eigenvalue weighted by atomic mass is 9.73. The lowest BCUT2D eigenvalue weighted by molar-refractivity contribution is 0.122. The van der Waals surface area contributed by atoms with Gasteiger partial charge in [0.25, 0.3) is 0 Å². The van der Waals surface area contributed by atoms with E-state index in [0.717, 1.165) is 12.3 Å². The average Bonchev–Trinajstić information content (AvgIpc) is 2.98. The van der Waals surface area contributed by atoms with Gasteiger partial charge in [-0.15, -0.1) is 0 Å². The van der Waals surface area contributed by atoms with Crippen molar-refractivity contribution < 1.29 is 11.0 Å². The minimum Gasteiger partial charge on any atom is -0.453 e. The number of hydrogen-bond acceptors (Lipinski definition) is 3. The van der Waals surface area contributed by atoms with Gasteiger partial charge in [-0.3, -0.25) is 0 Å². The van der Waals surface area contributed by atoms with Crippen LogP contribution in [0.25, 0.3) is 0 Å². The number of fused-ring (bicyclic) bond motifs is 2. The van der Waals surface area contributed by atoms with Crippen LogP contribution in [0.2, 0.25) is 0 Å². The molecule has 1 aliphatic heterocycles. The van der Waals surface area contributed by atoms with E-state index in [-0.39, 0.29) is 19.0 Å². The zero-order valence-corrected chi connectivity index (χ0v) is 16.0.